The molecule has 2 heterocycles. The minimum Gasteiger partial charge on any atom is -0.493 e. The minimum atomic E-state index is -1.01. The Bertz CT molecular complexity index is 1360. The van der Waals surface area contributed by atoms with Crippen molar-refractivity contribution in [3.8, 4) is 11.5 Å². The summed E-state index contributed by atoms with van der Waals surface area (Å²) in [5, 5.41) is 11.2. The number of barbiturate groups is 1. The highest BCUT2D eigenvalue weighted by molar-refractivity contribution is 14.1. The van der Waals surface area contributed by atoms with E-state index in [1.165, 1.54) is 31.6 Å². The third-order valence-electron chi connectivity index (χ3n) is 5.23. The zero-order valence-corrected chi connectivity index (χ0v) is 21.0. The second-order valence-corrected chi connectivity index (χ2v) is 8.78. The van der Waals surface area contributed by atoms with E-state index in [0.29, 0.717) is 26.4 Å². The van der Waals surface area contributed by atoms with Crippen molar-refractivity contribution in [2.45, 2.75) is 13.2 Å². The Morgan fingerprint density at radius 1 is 1.17 bits per heavy atom. The number of ether oxygens (including phenoxy) is 2. The Morgan fingerprint density at radius 2 is 1.92 bits per heavy atom. The molecule has 1 aliphatic rings. The number of halogens is 1. The van der Waals surface area contributed by atoms with Gasteiger partial charge in [-0.25, -0.2) is 9.59 Å². The molecule has 0 radical (unpaired) electrons. The summed E-state index contributed by atoms with van der Waals surface area (Å²) in [5.41, 5.74) is 1.20. The molecule has 0 aliphatic carbocycles. The molecule has 2 aromatic carbocycles. The summed E-state index contributed by atoms with van der Waals surface area (Å²) in [6.45, 7) is 0.0425. The second kappa shape index (κ2) is 10.6. The van der Waals surface area contributed by atoms with Crippen LogP contribution < -0.4 is 14.8 Å². The van der Waals surface area contributed by atoms with E-state index in [1.54, 1.807) is 36.4 Å². The molecule has 0 unspecified atom stereocenters. The molecule has 0 spiro atoms. The van der Waals surface area contributed by atoms with Gasteiger partial charge in [-0.1, -0.05) is 12.1 Å². The monoisotopic (exact) mass is 602 g/mol. The van der Waals surface area contributed by atoms with Crippen LogP contribution in [0.25, 0.3) is 6.08 Å². The standard InChI is InChI=1S/C25H19IN2O8/c1-34-20-11-15(10-19(26)21(20)36-13-14-4-6-16(7-5-14)24(31)32)9-18-22(29)27-25(33)28(23(18)30)12-17-3-2-8-35-17/h2-11H,12-13H2,1H3,(H,31,32)(H,27,29,33)/b18-9+. The van der Waals surface area contributed by atoms with Gasteiger partial charge in [-0.15, -0.1) is 0 Å². The molecule has 4 amide bonds. The number of hydrogen-bond acceptors (Lipinski definition) is 7. The van der Waals surface area contributed by atoms with Crippen LogP contribution in [0.15, 0.2) is 64.8 Å². The maximum Gasteiger partial charge on any atom is 0.335 e. The van der Waals surface area contributed by atoms with Crippen molar-refractivity contribution < 1.29 is 38.2 Å². The van der Waals surface area contributed by atoms with Gasteiger partial charge in [-0.05, 0) is 76.2 Å². The van der Waals surface area contributed by atoms with E-state index in [2.05, 4.69) is 5.32 Å². The van der Waals surface area contributed by atoms with Crippen LogP contribution in [0.2, 0.25) is 0 Å². The van der Waals surface area contributed by atoms with Gasteiger partial charge in [-0.3, -0.25) is 19.8 Å². The number of nitrogens with zero attached hydrogens (tertiary/aromatic N) is 1. The Balaban J connectivity index is 1.56. The predicted molar refractivity (Wildman–Crippen MR) is 134 cm³/mol. The highest BCUT2D eigenvalue weighted by atomic mass is 127. The number of hydrogen-bond donors (Lipinski definition) is 2. The number of carbonyl (C=O) groups excluding carboxylic acids is 3. The van der Waals surface area contributed by atoms with Gasteiger partial charge >= 0.3 is 12.0 Å². The van der Waals surface area contributed by atoms with Crippen molar-refractivity contribution in [3.63, 3.8) is 0 Å². The zero-order chi connectivity index (χ0) is 25.8. The van der Waals surface area contributed by atoms with Crippen LogP contribution in [0, 0.1) is 3.57 Å². The van der Waals surface area contributed by atoms with Gasteiger partial charge in [0.2, 0.25) is 0 Å². The molecule has 0 saturated carbocycles. The van der Waals surface area contributed by atoms with E-state index in [1.807, 2.05) is 22.6 Å². The fraction of sp³-hybridized carbons (Fsp3) is 0.120. The normalized spacial score (nSPS) is 14.7. The molecule has 1 aliphatic heterocycles. The second-order valence-electron chi connectivity index (χ2n) is 7.61. The number of benzene rings is 2. The Kier molecular flexibility index (Phi) is 7.38. The van der Waals surface area contributed by atoms with Gasteiger partial charge in [0.1, 0.15) is 17.9 Å². The quantitative estimate of drug-likeness (QED) is 0.226. The fourth-order valence-corrected chi connectivity index (χ4v) is 4.21. The lowest BCUT2D eigenvalue weighted by molar-refractivity contribution is -0.130. The van der Waals surface area contributed by atoms with Crippen molar-refractivity contribution >= 4 is 52.5 Å². The van der Waals surface area contributed by atoms with Gasteiger partial charge in [0.05, 0.1) is 29.1 Å². The molecule has 1 fully saturated rings. The van der Waals surface area contributed by atoms with E-state index in [9.17, 15) is 19.2 Å². The Morgan fingerprint density at radius 3 is 2.56 bits per heavy atom. The number of rotatable bonds is 8. The van der Waals surface area contributed by atoms with E-state index in [4.69, 9.17) is 19.0 Å². The summed E-state index contributed by atoms with van der Waals surface area (Å²) in [7, 11) is 1.46. The number of methoxy groups -OCH3 is 1. The highest BCUT2D eigenvalue weighted by Gasteiger charge is 2.36. The number of nitrogens with one attached hydrogen (secondary N) is 1. The Hall–Kier alpha value is -4.13. The number of imide groups is 2. The minimum absolute atomic E-state index is 0.122. The third-order valence-corrected chi connectivity index (χ3v) is 6.03. The summed E-state index contributed by atoms with van der Waals surface area (Å²) in [6, 6.07) is 12.0. The molecule has 2 N–H and O–H groups in total. The van der Waals surface area contributed by atoms with Gasteiger partial charge in [0.25, 0.3) is 11.8 Å². The SMILES string of the molecule is COc1cc(/C=C2\C(=O)NC(=O)N(Cc3ccco3)C2=O)cc(I)c1OCc1ccc(C(=O)O)cc1. The fourth-order valence-electron chi connectivity index (χ4n) is 3.42. The predicted octanol–water partition coefficient (Wildman–Crippen LogP) is 3.83. The molecule has 1 aromatic heterocycles. The van der Waals surface area contributed by atoms with Crippen LogP contribution in [-0.2, 0) is 22.7 Å². The highest BCUT2D eigenvalue weighted by Crippen LogP contribution is 2.35. The lowest BCUT2D eigenvalue weighted by atomic mass is 10.1. The molecule has 4 rings (SSSR count). The first-order chi connectivity index (χ1) is 17.3. The molecular weight excluding hydrogens is 583 g/mol. The molecule has 3 aromatic rings. The molecular formula is C25H19IN2O8. The summed E-state index contributed by atoms with van der Waals surface area (Å²) < 4.78 is 17.2. The molecule has 11 heteroatoms. The maximum absolute atomic E-state index is 12.9. The number of carboxylic acids is 1. The van der Waals surface area contributed by atoms with Crippen molar-refractivity contribution in [3.05, 3.63) is 86.4 Å². The van der Waals surface area contributed by atoms with Crippen molar-refractivity contribution in [1.82, 2.24) is 10.2 Å². The molecule has 0 bridgehead atoms. The third kappa shape index (κ3) is 5.40. The summed E-state index contributed by atoms with van der Waals surface area (Å²) in [4.78, 5) is 49.5. The Labute approximate surface area is 218 Å². The number of urea groups is 1. The number of furan rings is 1. The van der Waals surface area contributed by atoms with Gasteiger partial charge in [0.15, 0.2) is 11.5 Å². The van der Waals surface area contributed by atoms with E-state index in [0.717, 1.165) is 10.5 Å². The van der Waals surface area contributed by atoms with E-state index >= 15 is 0 Å². The number of carboxylic acid groups (broad SMARTS) is 1. The van der Waals surface area contributed by atoms with Gasteiger partial charge < -0.3 is 19.0 Å². The summed E-state index contributed by atoms with van der Waals surface area (Å²) in [6.07, 6.45) is 2.80. The first-order valence-electron chi connectivity index (χ1n) is 10.5. The average Bonchev–Trinajstić information content (AvgIpc) is 3.37. The van der Waals surface area contributed by atoms with Crippen LogP contribution in [0.5, 0.6) is 11.5 Å². The maximum atomic E-state index is 12.9. The molecule has 0 atom stereocenters. The van der Waals surface area contributed by atoms with E-state index in [-0.39, 0.29) is 24.3 Å². The lowest BCUT2D eigenvalue weighted by Gasteiger charge is -2.25. The lowest BCUT2D eigenvalue weighted by Crippen LogP contribution is -2.53. The van der Waals surface area contributed by atoms with Crippen LogP contribution in [-0.4, -0.2) is 40.9 Å². The van der Waals surface area contributed by atoms with Crippen molar-refractivity contribution in [2.75, 3.05) is 7.11 Å². The topological polar surface area (TPSA) is 135 Å². The molecule has 184 valence electrons. The summed E-state index contributed by atoms with van der Waals surface area (Å²) in [5.74, 6) is -1.37. The summed E-state index contributed by atoms with van der Waals surface area (Å²) >= 11 is 2.04. The number of carbonyl (C=O) groups is 4. The smallest absolute Gasteiger partial charge is 0.335 e. The van der Waals surface area contributed by atoms with Crippen molar-refractivity contribution in [2.24, 2.45) is 0 Å². The number of aromatic carboxylic acids is 1. The average molecular weight is 602 g/mol. The largest absolute Gasteiger partial charge is 0.493 e. The zero-order valence-electron chi connectivity index (χ0n) is 18.8. The molecule has 1 saturated heterocycles. The van der Waals surface area contributed by atoms with Crippen LogP contribution in [0.4, 0.5) is 4.79 Å². The van der Waals surface area contributed by atoms with E-state index < -0.39 is 23.8 Å². The first-order valence-corrected chi connectivity index (χ1v) is 11.6. The van der Waals surface area contributed by atoms with Gasteiger partial charge in [-0.2, -0.15) is 0 Å². The van der Waals surface area contributed by atoms with Gasteiger partial charge in [0, 0.05) is 0 Å². The molecule has 10 nitrogen and oxygen atoms in total. The molecule has 36 heavy (non-hydrogen) atoms. The van der Waals surface area contributed by atoms with Crippen molar-refractivity contribution in [1.29, 1.82) is 0 Å². The number of amides is 4. The van der Waals surface area contributed by atoms with Crippen LogP contribution >= 0.6 is 22.6 Å². The first kappa shape index (κ1) is 25.0. The van der Waals surface area contributed by atoms with Crippen LogP contribution in [0.1, 0.15) is 27.2 Å². The van der Waals surface area contributed by atoms with Crippen LogP contribution in [0.3, 0.4) is 0 Å².